The summed E-state index contributed by atoms with van der Waals surface area (Å²) < 4.78 is -1.51. The second-order valence-electron chi connectivity index (χ2n) is 6.29. The van der Waals surface area contributed by atoms with Crippen LogP contribution >= 0.6 is 34.8 Å². The summed E-state index contributed by atoms with van der Waals surface area (Å²) in [6.07, 6.45) is 1.97. The summed E-state index contributed by atoms with van der Waals surface area (Å²) in [6, 6.07) is 9.63. The molecule has 150 valence electrons. The summed E-state index contributed by atoms with van der Waals surface area (Å²) in [4.78, 5) is 40.5. The second-order valence-corrected chi connectivity index (χ2v) is 8.49. The number of benzene rings is 1. The van der Waals surface area contributed by atoms with Gasteiger partial charge < -0.3 is 16.0 Å². The molecule has 0 radical (unpaired) electrons. The van der Waals surface area contributed by atoms with Crippen molar-refractivity contribution in [2.24, 2.45) is 0 Å². The molecule has 0 aliphatic carbocycles. The number of hydrogen-bond acceptors (Lipinski definition) is 6. The van der Waals surface area contributed by atoms with E-state index in [1.54, 1.807) is 36.5 Å². The Hall–Kier alpha value is -2.61. The lowest BCUT2D eigenvalue weighted by atomic mass is 10.1. The van der Waals surface area contributed by atoms with Crippen LogP contribution in [0.25, 0.3) is 0 Å². The van der Waals surface area contributed by atoms with Gasteiger partial charge in [0.1, 0.15) is 17.5 Å². The number of aromatic nitrogens is 1. The number of amides is 1. The number of pyridine rings is 1. The van der Waals surface area contributed by atoms with Gasteiger partial charge in [0, 0.05) is 16.8 Å². The Kier molecular flexibility index (Phi) is 6.12. The van der Waals surface area contributed by atoms with Crippen LogP contribution in [0.1, 0.15) is 17.3 Å². The van der Waals surface area contributed by atoms with Crippen molar-refractivity contribution >= 4 is 57.8 Å². The van der Waals surface area contributed by atoms with Gasteiger partial charge in [0.15, 0.2) is 4.33 Å². The third-order valence-electron chi connectivity index (χ3n) is 4.00. The van der Waals surface area contributed by atoms with Gasteiger partial charge in [0.05, 0.1) is 11.9 Å². The molecule has 3 N–H and O–H groups in total. The third-order valence-corrected chi connectivity index (χ3v) is 4.67. The van der Waals surface area contributed by atoms with Gasteiger partial charge in [-0.2, -0.15) is 0 Å². The van der Waals surface area contributed by atoms with E-state index in [1.807, 2.05) is 0 Å². The van der Waals surface area contributed by atoms with E-state index in [1.165, 1.54) is 19.2 Å². The maximum absolute atomic E-state index is 12.5. The fourth-order valence-electron chi connectivity index (χ4n) is 2.51. The van der Waals surface area contributed by atoms with Crippen LogP contribution in [0.4, 0.5) is 17.1 Å². The van der Waals surface area contributed by atoms with Gasteiger partial charge in [-0.3, -0.25) is 19.4 Å². The zero-order chi connectivity index (χ0) is 21.2. The summed E-state index contributed by atoms with van der Waals surface area (Å²) in [5, 5.41) is 8.57. The summed E-state index contributed by atoms with van der Waals surface area (Å²) in [6.45, 7) is 1.44. The number of nitrogens with one attached hydrogen (secondary N) is 3. The number of anilines is 3. The minimum atomic E-state index is -1.51. The second kappa shape index (κ2) is 8.41. The van der Waals surface area contributed by atoms with Crippen LogP contribution in [0.2, 0.25) is 5.02 Å². The van der Waals surface area contributed by atoms with Gasteiger partial charge in [0.25, 0.3) is 16.8 Å². The molecule has 29 heavy (non-hydrogen) atoms. The van der Waals surface area contributed by atoms with E-state index in [9.17, 15) is 14.4 Å². The lowest BCUT2D eigenvalue weighted by Gasteiger charge is -2.30. The average molecular weight is 454 g/mol. The Bertz CT molecular complexity index is 1110. The summed E-state index contributed by atoms with van der Waals surface area (Å²) >= 11 is 18.3. The quantitative estimate of drug-likeness (QED) is 0.288. The molecule has 7 nitrogen and oxygen atoms in total. The molecule has 3 aromatic rings. The minimum Gasteiger partial charge on any atom is -0.358 e. The molecular weight excluding hydrogens is 439 g/mol. The number of nitrogens with zero attached hydrogens (tertiary/aromatic N) is 1. The summed E-state index contributed by atoms with van der Waals surface area (Å²) in [7, 11) is 0. The smallest absolute Gasteiger partial charge is 0.253 e. The van der Waals surface area contributed by atoms with Crippen molar-refractivity contribution < 1.29 is 4.79 Å². The molecule has 1 atom stereocenters. The first-order valence-corrected chi connectivity index (χ1v) is 9.51. The Morgan fingerprint density at radius 3 is 2.45 bits per heavy atom. The van der Waals surface area contributed by atoms with Crippen molar-refractivity contribution in [3.8, 4) is 0 Å². The maximum atomic E-state index is 12.5. The highest BCUT2D eigenvalue weighted by molar-refractivity contribution is 6.48. The highest BCUT2D eigenvalue weighted by atomic mass is 35.5. The zero-order valence-corrected chi connectivity index (χ0v) is 17.3. The van der Waals surface area contributed by atoms with E-state index in [-0.39, 0.29) is 16.9 Å². The first-order chi connectivity index (χ1) is 13.7. The molecule has 1 heterocycles. The molecule has 0 aliphatic rings. The van der Waals surface area contributed by atoms with Gasteiger partial charge in [-0.25, -0.2) is 0 Å². The molecule has 0 aliphatic heterocycles. The first-order valence-electron chi connectivity index (χ1n) is 8.38. The molecule has 0 saturated carbocycles. The number of alkyl halides is 2. The third kappa shape index (κ3) is 4.87. The maximum Gasteiger partial charge on any atom is 0.253 e. The largest absolute Gasteiger partial charge is 0.358 e. The van der Waals surface area contributed by atoms with E-state index in [2.05, 4.69) is 20.9 Å². The molecule has 3 rings (SSSR count). The van der Waals surface area contributed by atoms with Gasteiger partial charge in [-0.05, 0) is 37.3 Å². The Morgan fingerprint density at radius 2 is 1.83 bits per heavy atom. The molecule has 1 amide bonds. The number of halogens is 3. The van der Waals surface area contributed by atoms with Gasteiger partial charge in [-0.1, -0.05) is 40.9 Å². The lowest BCUT2D eigenvalue weighted by Crippen LogP contribution is -2.52. The van der Waals surface area contributed by atoms with E-state index in [0.29, 0.717) is 10.7 Å². The monoisotopic (exact) mass is 452 g/mol. The topological polar surface area (TPSA) is 100 Å². The predicted octanol–water partition coefficient (Wildman–Crippen LogP) is 3.44. The van der Waals surface area contributed by atoms with Crippen LogP contribution in [-0.2, 0) is 0 Å². The molecule has 0 saturated heterocycles. The van der Waals surface area contributed by atoms with Gasteiger partial charge in [-0.15, -0.1) is 0 Å². The zero-order valence-electron chi connectivity index (χ0n) is 15.0. The van der Waals surface area contributed by atoms with E-state index in [4.69, 9.17) is 34.8 Å². The lowest BCUT2D eigenvalue weighted by molar-refractivity contribution is 0.0939. The minimum absolute atomic E-state index is 0.0302. The molecule has 2 aromatic carbocycles. The number of carbonyl (C=O) groups is 1. The van der Waals surface area contributed by atoms with Crippen molar-refractivity contribution in [1.82, 2.24) is 10.3 Å². The number of hydrogen-bond donors (Lipinski definition) is 3. The SMILES string of the molecule is CC(Cl)(Cl)C(NC(=O)c1cccc(Cl)c1)Nc1c(Nc2cccnc2)c(=O)c1=O. The Labute approximate surface area is 180 Å². The summed E-state index contributed by atoms with van der Waals surface area (Å²) in [5.41, 5.74) is -0.675. The van der Waals surface area contributed by atoms with E-state index < -0.39 is 27.3 Å². The van der Waals surface area contributed by atoms with Crippen LogP contribution in [0.5, 0.6) is 0 Å². The molecule has 1 unspecified atom stereocenters. The molecule has 1 aromatic heterocycles. The van der Waals surface area contributed by atoms with Crippen LogP contribution in [-0.4, -0.2) is 21.4 Å². The van der Waals surface area contributed by atoms with Crippen LogP contribution in [0.15, 0.2) is 58.4 Å². The molecular formula is C19H15Cl3N4O3. The number of carbonyl (C=O) groups excluding carboxylic acids is 1. The fraction of sp³-hybridized carbons (Fsp3) is 0.158. The van der Waals surface area contributed by atoms with Crippen LogP contribution in [0.3, 0.4) is 0 Å². The molecule has 0 spiro atoms. The highest BCUT2D eigenvalue weighted by Gasteiger charge is 2.34. The number of rotatable bonds is 7. The Morgan fingerprint density at radius 1 is 1.10 bits per heavy atom. The van der Waals surface area contributed by atoms with E-state index >= 15 is 0 Å². The first kappa shape index (κ1) is 21.1. The van der Waals surface area contributed by atoms with Crippen LogP contribution in [0, 0.1) is 0 Å². The van der Waals surface area contributed by atoms with Crippen molar-refractivity contribution in [3.63, 3.8) is 0 Å². The molecule has 0 fully saturated rings. The van der Waals surface area contributed by atoms with E-state index in [0.717, 1.165) is 0 Å². The van der Waals surface area contributed by atoms with Crippen molar-refractivity contribution in [3.05, 3.63) is 79.8 Å². The standard InChI is InChI=1S/C19H15Cl3N4O3/c1-19(21,22)18(26-17(29)10-4-2-5-11(20)8-10)25-14-13(15(27)16(14)28)24-12-6-3-7-23-9-12/h2-9,18,24-25H,1H3,(H,26,29). The van der Waals surface area contributed by atoms with Gasteiger partial charge in [0.2, 0.25) is 0 Å². The Balaban J connectivity index is 1.83. The predicted molar refractivity (Wildman–Crippen MR) is 115 cm³/mol. The van der Waals surface area contributed by atoms with Gasteiger partial charge >= 0.3 is 0 Å². The van der Waals surface area contributed by atoms with Crippen molar-refractivity contribution in [2.75, 3.05) is 10.6 Å². The van der Waals surface area contributed by atoms with Crippen LogP contribution < -0.4 is 26.8 Å². The average Bonchev–Trinajstić information content (AvgIpc) is 2.69. The summed E-state index contributed by atoms with van der Waals surface area (Å²) in [5.74, 6) is -0.516. The highest BCUT2D eigenvalue weighted by Crippen LogP contribution is 2.28. The normalized spacial score (nSPS) is 12.4. The van der Waals surface area contributed by atoms with Crippen molar-refractivity contribution in [2.45, 2.75) is 17.4 Å². The molecule has 0 bridgehead atoms. The van der Waals surface area contributed by atoms with Crippen molar-refractivity contribution in [1.29, 1.82) is 0 Å². The molecule has 10 heteroatoms. The fourth-order valence-corrected chi connectivity index (χ4v) is 2.92.